The van der Waals surface area contributed by atoms with Crippen LogP contribution in [-0.4, -0.2) is 61.4 Å². The predicted molar refractivity (Wildman–Crippen MR) is 126 cm³/mol. The van der Waals surface area contributed by atoms with Crippen molar-refractivity contribution < 1.29 is 14.3 Å². The molecule has 2 aliphatic rings. The summed E-state index contributed by atoms with van der Waals surface area (Å²) in [6.45, 7) is 9.64. The lowest BCUT2D eigenvalue weighted by Gasteiger charge is -2.38. The molecule has 2 aromatic rings. The number of piperazine rings is 1. The van der Waals surface area contributed by atoms with Crippen molar-refractivity contribution in [1.29, 1.82) is 0 Å². The van der Waals surface area contributed by atoms with Gasteiger partial charge < -0.3 is 9.64 Å². The molecule has 0 aromatic heterocycles. The molecule has 6 nitrogen and oxygen atoms in total. The Kier molecular flexibility index (Phi) is 6.80. The molecule has 0 unspecified atom stereocenters. The first-order valence-corrected chi connectivity index (χ1v) is 11.6. The molecule has 2 aromatic carbocycles. The maximum Gasteiger partial charge on any atom is 0.263 e. The summed E-state index contributed by atoms with van der Waals surface area (Å²) >= 11 is 0. The van der Waals surface area contributed by atoms with E-state index in [2.05, 4.69) is 23.6 Å². The normalized spacial score (nSPS) is 16.8. The molecule has 2 amide bonds. The smallest absolute Gasteiger partial charge is 0.263 e. The van der Waals surface area contributed by atoms with E-state index < -0.39 is 0 Å². The number of methoxy groups -OCH3 is 1. The maximum atomic E-state index is 13.3. The van der Waals surface area contributed by atoms with Crippen molar-refractivity contribution in [3.05, 3.63) is 59.2 Å². The number of carbonyl (C=O) groups excluding carboxylic acids is 2. The van der Waals surface area contributed by atoms with Crippen LogP contribution in [0.2, 0.25) is 0 Å². The zero-order valence-electron chi connectivity index (χ0n) is 19.3. The van der Waals surface area contributed by atoms with E-state index in [0.29, 0.717) is 11.1 Å². The Labute approximate surface area is 190 Å². The lowest BCUT2D eigenvalue weighted by Crippen LogP contribution is -2.48. The van der Waals surface area contributed by atoms with Gasteiger partial charge in [-0.15, -0.1) is 0 Å². The molecular weight excluding hydrogens is 402 g/mol. The molecule has 0 atom stereocenters. The van der Waals surface area contributed by atoms with Gasteiger partial charge in [0, 0.05) is 32.7 Å². The van der Waals surface area contributed by atoms with E-state index in [1.165, 1.54) is 17.7 Å². The van der Waals surface area contributed by atoms with Crippen LogP contribution in [0.4, 0.5) is 5.69 Å². The largest absolute Gasteiger partial charge is 0.497 e. The van der Waals surface area contributed by atoms with Crippen LogP contribution < -0.4 is 9.64 Å². The number of rotatable bonds is 8. The summed E-state index contributed by atoms with van der Waals surface area (Å²) in [6.07, 6.45) is 2.42. The monoisotopic (exact) mass is 435 g/mol. The van der Waals surface area contributed by atoms with Gasteiger partial charge in [0.25, 0.3) is 11.8 Å². The number of amides is 2. The number of nitrogens with zero attached hydrogens (tertiary/aromatic N) is 3. The molecule has 2 heterocycles. The van der Waals surface area contributed by atoms with E-state index in [4.69, 9.17) is 4.74 Å². The summed E-state index contributed by atoms with van der Waals surface area (Å²) in [7, 11) is 1.62. The third-order valence-electron chi connectivity index (χ3n) is 6.86. The first-order chi connectivity index (χ1) is 15.5. The van der Waals surface area contributed by atoms with Crippen molar-refractivity contribution in [1.82, 2.24) is 9.80 Å². The van der Waals surface area contributed by atoms with Gasteiger partial charge in [0.2, 0.25) is 0 Å². The number of carbonyl (C=O) groups is 2. The van der Waals surface area contributed by atoms with Crippen LogP contribution in [0.3, 0.4) is 0 Å². The van der Waals surface area contributed by atoms with Crippen molar-refractivity contribution in [2.24, 2.45) is 5.92 Å². The molecule has 0 spiro atoms. The molecular formula is C26H33N3O3. The van der Waals surface area contributed by atoms with Crippen molar-refractivity contribution in [2.45, 2.75) is 33.2 Å². The highest BCUT2D eigenvalue weighted by Gasteiger charge is 2.38. The molecule has 0 bridgehead atoms. The van der Waals surface area contributed by atoms with E-state index in [9.17, 15) is 9.59 Å². The van der Waals surface area contributed by atoms with E-state index in [1.807, 2.05) is 36.4 Å². The van der Waals surface area contributed by atoms with E-state index in [-0.39, 0.29) is 18.4 Å². The second-order valence-corrected chi connectivity index (χ2v) is 8.71. The van der Waals surface area contributed by atoms with Crippen LogP contribution in [-0.2, 0) is 6.54 Å². The quantitative estimate of drug-likeness (QED) is 0.586. The third-order valence-corrected chi connectivity index (χ3v) is 6.86. The Hall–Kier alpha value is -2.86. The van der Waals surface area contributed by atoms with Gasteiger partial charge >= 0.3 is 0 Å². The Morgan fingerprint density at radius 3 is 2.22 bits per heavy atom. The fourth-order valence-electron chi connectivity index (χ4n) is 4.72. The third kappa shape index (κ3) is 4.37. The van der Waals surface area contributed by atoms with Crippen LogP contribution in [0.5, 0.6) is 5.75 Å². The summed E-state index contributed by atoms with van der Waals surface area (Å²) in [6, 6.07) is 13.1. The van der Waals surface area contributed by atoms with E-state index in [1.54, 1.807) is 13.2 Å². The van der Waals surface area contributed by atoms with Gasteiger partial charge in [0.15, 0.2) is 0 Å². The van der Waals surface area contributed by atoms with Gasteiger partial charge in [-0.05, 0) is 35.7 Å². The zero-order chi connectivity index (χ0) is 22.7. The van der Waals surface area contributed by atoms with Gasteiger partial charge in [0.05, 0.1) is 30.5 Å². The molecule has 0 radical (unpaired) electrons. The molecule has 0 N–H and O–H groups in total. The van der Waals surface area contributed by atoms with Gasteiger partial charge in [-0.2, -0.15) is 0 Å². The second-order valence-electron chi connectivity index (χ2n) is 8.71. The average molecular weight is 436 g/mol. The Morgan fingerprint density at radius 1 is 0.906 bits per heavy atom. The Bertz CT molecular complexity index is 961. The van der Waals surface area contributed by atoms with E-state index >= 15 is 0 Å². The number of benzene rings is 2. The standard InChI is InChI=1S/C26H33N3O3/c1-4-19(5-2)17-27-13-15-28(16-14-27)23-8-6-7-22-24(23)26(31)29(25(22)30)18-20-9-11-21(32-3)12-10-20/h6-12,19H,4-5,13-18H2,1-3H3. The summed E-state index contributed by atoms with van der Waals surface area (Å²) in [5.74, 6) is 1.08. The number of fused-ring (bicyclic) bond motifs is 1. The van der Waals surface area contributed by atoms with Crippen LogP contribution in [0.1, 0.15) is 53.0 Å². The highest BCUT2D eigenvalue weighted by molar-refractivity contribution is 6.23. The molecule has 6 heteroatoms. The fourth-order valence-corrected chi connectivity index (χ4v) is 4.72. The van der Waals surface area contributed by atoms with Crippen molar-refractivity contribution in [2.75, 3.05) is 44.7 Å². The fraction of sp³-hybridized carbons (Fsp3) is 0.462. The second kappa shape index (κ2) is 9.74. The van der Waals surface area contributed by atoms with Crippen LogP contribution in [0.25, 0.3) is 0 Å². The van der Waals surface area contributed by atoms with Gasteiger partial charge in [-0.1, -0.05) is 44.9 Å². The topological polar surface area (TPSA) is 53.1 Å². The minimum absolute atomic E-state index is 0.198. The molecule has 1 fully saturated rings. The van der Waals surface area contributed by atoms with Crippen LogP contribution >= 0.6 is 0 Å². The Balaban J connectivity index is 1.48. The Morgan fingerprint density at radius 2 is 1.59 bits per heavy atom. The van der Waals surface area contributed by atoms with Gasteiger partial charge in [-0.3, -0.25) is 19.4 Å². The highest BCUT2D eigenvalue weighted by Crippen LogP contribution is 2.33. The first-order valence-electron chi connectivity index (χ1n) is 11.6. The van der Waals surface area contributed by atoms with Gasteiger partial charge in [-0.25, -0.2) is 0 Å². The number of anilines is 1. The van der Waals surface area contributed by atoms with Crippen molar-refractivity contribution >= 4 is 17.5 Å². The number of ether oxygens (including phenoxy) is 1. The van der Waals surface area contributed by atoms with Crippen molar-refractivity contribution in [3.63, 3.8) is 0 Å². The van der Waals surface area contributed by atoms with Crippen molar-refractivity contribution in [3.8, 4) is 5.75 Å². The summed E-state index contributed by atoms with van der Waals surface area (Å²) < 4.78 is 5.20. The molecule has 170 valence electrons. The van der Waals surface area contributed by atoms with Gasteiger partial charge in [0.1, 0.15) is 5.75 Å². The molecule has 0 saturated carbocycles. The first kappa shape index (κ1) is 22.3. The summed E-state index contributed by atoms with van der Waals surface area (Å²) in [5.41, 5.74) is 2.86. The SMILES string of the molecule is CCC(CC)CN1CCN(c2cccc3c2C(=O)N(Cc2ccc(OC)cc2)C3=O)CC1. The van der Waals surface area contributed by atoms with Crippen LogP contribution in [0, 0.1) is 5.92 Å². The zero-order valence-corrected chi connectivity index (χ0v) is 19.3. The number of imide groups is 1. The number of hydrogen-bond donors (Lipinski definition) is 0. The predicted octanol–water partition coefficient (Wildman–Crippen LogP) is 4.05. The number of hydrogen-bond acceptors (Lipinski definition) is 5. The molecule has 32 heavy (non-hydrogen) atoms. The average Bonchev–Trinajstić information content (AvgIpc) is 3.08. The maximum absolute atomic E-state index is 13.3. The molecule has 1 saturated heterocycles. The minimum atomic E-state index is -0.213. The summed E-state index contributed by atoms with van der Waals surface area (Å²) in [5, 5.41) is 0. The lowest BCUT2D eigenvalue weighted by atomic mass is 10.0. The lowest BCUT2D eigenvalue weighted by molar-refractivity contribution is 0.0642. The molecule has 4 rings (SSSR count). The highest BCUT2D eigenvalue weighted by atomic mass is 16.5. The van der Waals surface area contributed by atoms with Crippen LogP contribution in [0.15, 0.2) is 42.5 Å². The minimum Gasteiger partial charge on any atom is -0.497 e. The molecule has 2 aliphatic heterocycles. The van der Waals surface area contributed by atoms with E-state index in [0.717, 1.165) is 55.6 Å². The summed E-state index contributed by atoms with van der Waals surface area (Å²) in [4.78, 5) is 32.5. The molecule has 0 aliphatic carbocycles.